The van der Waals surface area contributed by atoms with E-state index in [1.807, 2.05) is 15.6 Å². The van der Waals surface area contributed by atoms with Crippen molar-refractivity contribution < 1.29 is 4.74 Å². The van der Waals surface area contributed by atoms with Crippen LogP contribution in [0, 0.1) is 5.41 Å². The number of hydrogen-bond acceptors (Lipinski definition) is 7. The van der Waals surface area contributed by atoms with Crippen molar-refractivity contribution in [1.29, 1.82) is 0 Å². The molecule has 1 aromatic carbocycles. The van der Waals surface area contributed by atoms with Crippen molar-refractivity contribution in [2.24, 2.45) is 5.41 Å². The predicted molar refractivity (Wildman–Crippen MR) is 162 cm³/mol. The molecule has 10 nitrogen and oxygen atoms in total. The van der Waals surface area contributed by atoms with Crippen LogP contribution in [-0.4, -0.2) is 72.9 Å². The molecular weight excluding hydrogens is 526 g/mol. The summed E-state index contributed by atoms with van der Waals surface area (Å²) < 4.78 is 12.2. The molecule has 1 atom stereocenters. The first-order valence-electron chi connectivity index (χ1n) is 15.4. The lowest BCUT2D eigenvalue weighted by atomic mass is 9.68. The molecule has 0 bridgehead atoms. The van der Waals surface area contributed by atoms with Crippen LogP contribution in [-0.2, 0) is 17.8 Å². The summed E-state index contributed by atoms with van der Waals surface area (Å²) in [7, 11) is 4.12. The van der Waals surface area contributed by atoms with Gasteiger partial charge in [-0.2, -0.15) is 5.10 Å². The van der Waals surface area contributed by atoms with E-state index in [0.717, 1.165) is 71.7 Å². The number of benzene rings is 1. The molecule has 0 amide bonds. The highest BCUT2D eigenvalue weighted by Crippen LogP contribution is 2.48. The first-order valence-corrected chi connectivity index (χ1v) is 15.4. The monoisotopic (exact) mass is 565 g/mol. The van der Waals surface area contributed by atoms with Gasteiger partial charge >= 0.3 is 0 Å². The summed E-state index contributed by atoms with van der Waals surface area (Å²) in [6, 6.07) is 10.8. The van der Waals surface area contributed by atoms with Crippen LogP contribution in [0.15, 0.2) is 48.9 Å². The third-order valence-corrected chi connectivity index (χ3v) is 9.64. The van der Waals surface area contributed by atoms with E-state index in [0.29, 0.717) is 12.0 Å². The van der Waals surface area contributed by atoms with Crippen LogP contribution >= 0.6 is 0 Å². The van der Waals surface area contributed by atoms with Crippen LogP contribution in [0.3, 0.4) is 0 Å². The normalized spacial score (nSPS) is 20.6. The van der Waals surface area contributed by atoms with Gasteiger partial charge in [-0.3, -0.25) is 4.90 Å². The van der Waals surface area contributed by atoms with Gasteiger partial charge in [-0.25, -0.2) is 14.3 Å². The molecule has 218 valence electrons. The molecule has 8 rings (SSSR count). The number of likely N-dealkylation sites (tertiary alicyclic amines) is 1. The van der Waals surface area contributed by atoms with Gasteiger partial charge in [0.1, 0.15) is 17.0 Å². The number of ether oxygens (including phenoxy) is 1. The molecule has 1 aliphatic carbocycles. The molecule has 4 aromatic heterocycles. The molecule has 10 heteroatoms. The SMILES string of the molecule is CN(C)c1ccc2c(-c3cn(Cc4cn5cc(CN6CCC7(CCC7)C6)ccc5n4)nn3)nn(C3CCCCO3)c2c1. The van der Waals surface area contributed by atoms with Crippen molar-refractivity contribution in [3.8, 4) is 11.4 Å². The first kappa shape index (κ1) is 25.9. The lowest BCUT2D eigenvalue weighted by molar-refractivity contribution is -0.0365. The maximum Gasteiger partial charge on any atom is 0.150 e. The maximum atomic E-state index is 6.13. The van der Waals surface area contributed by atoms with Crippen molar-refractivity contribution in [3.63, 3.8) is 0 Å². The standard InChI is InChI=1S/C32H39N9O/c1-37(2)25-8-9-26-28(16-25)41(30-6-3-4-15-42-30)35-31(26)27-21-40(36-34-27)20-24-19-39-18-23(7-10-29(39)33-24)17-38-14-13-32(22-38)11-5-12-32/h7-10,16,18-19,21,30H,3-6,11-15,17,20,22H2,1-2H3. The minimum atomic E-state index is -0.0601. The highest BCUT2D eigenvalue weighted by Gasteiger charge is 2.42. The number of fused-ring (bicyclic) bond motifs is 2. The van der Waals surface area contributed by atoms with E-state index in [1.165, 1.54) is 44.3 Å². The Morgan fingerprint density at radius 1 is 1.00 bits per heavy atom. The van der Waals surface area contributed by atoms with Crippen molar-refractivity contribution in [1.82, 2.24) is 39.1 Å². The molecule has 0 radical (unpaired) electrons. The Bertz CT molecular complexity index is 1740. The molecule has 2 aliphatic heterocycles. The third-order valence-electron chi connectivity index (χ3n) is 9.64. The topological polar surface area (TPSA) is 81.5 Å². The molecule has 2 saturated heterocycles. The van der Waals surface area contributed by atoms with Gasteiger partial charge in [0, 0.05) is 57.3 Å². The zero-order valence-electron chi connectivity index (χ0n) is 24.6. The fourth-order valence-electron chi connectivity index (χ4n) is 7.14. The van der Waals surface area contributed by atoms with Gasteiger partial charge in [0.15, 0.2) is 6.23 Å². The number of pyridine rings is 1. The van der Waals surface area contributed by atoms with Crippen molar-refractivity contribution in [2.75, 3.05) is 38.7 Å². The lowest BCUT2D eigenvalue weighted by Gasteiger charge is -2.38. The van der Waals surface area contributed by atoms with Crippen molar-refractivity contribution in [2.45, 2.75) is 64.3 Å². The summed E-state index contributed by atoms with van der Waals surface area (Å²) >= 11 is 0. The van der Waals surface area contributed by atoms with Gasteiger partial charge < -0.3 is 14.0 Å². The van der Waals surface area contributed by atoms with Gasteiger partial charge in [-0.15, -0.1) is 5.10 Å². The van der Waals surface area contributed by atoms with Crippen molar-refractivity contribution >= 4 is 22.2 Å². The molecule has 0 N–H and O–H groups in total. The van der Waals surface area contributed by atoms with Gasteiger partial charge in [-0.05, 0) is 80.3 Å². The van der Waals surface area contributed by atoms with Crippen LogP contribution in [0.1, 0.15) is 62.4 Å². The molecule has 1 spiro atoms. The Kier molecular flexibility index (Phi) is 6.29. The predicted octanol–water partition coefficient (Wildman–Crippen LogP) is 5.13. The Balaban J connectivity index is 1.03. The third kappa shape index (κ3) is 4.66. The van der Waals surface area contributed by atoms with Gasteiger partial charge in [0.05, 0.1) is 24.0 Å². The molecule has 1 saturated carbocycles. The Morgan fingerprint density at radius 2 is 1.93 bits per heavy atom. The van der Waals surface area contributed by atoms with Crippen LogP contribution < -0.4 is 4.90 Å². The summed E-state index contributed by atoms with van der Waals surface area (Å²) in [4.78, 5) is 9.61. The Morgan fingerprint density at radius 3 is 2.71 bits per heavy atom. The Hall–Kier alpha value is -3.76. The van der Waals surface area contributed by atoms with Crippen molar-refractivity contribution in [3.05, 3.63) is 60.2 Å². The number of anilines is 1. The van der Waals surface area contributed by atoms with Crippen LogP contribution in [0.2, 0.25) is 0 Å². The molecule has 3 aliphatic rings. The first-order chi connectivity index (χ1) is 20.5. The molecule has 1 unspecified atom stereocenters. The number of aromatic nitrogens is 7. The van der Waals surface area contributed by atoms with Gasteiger partial charge in [-0.1, -0.05) is 17.7 Å². The van der Waals surface area contributed by atoms with Crippen LogP contribution in [0.5, 0.6) is 0 Å². The highest BCUT2D eigenvalue weighted by atomic mass is 16.5. The average Bonchev–Trinajstić information content (AvgIpc) is 3.77. The number of hydrogen-bond donors (Lipinski definition) is 0. The molecule has 5 aromatic rings. The average molecular weight is 566 g/mol. The van der Waals surface area contributed by atoms with Crippen LogP contribution in [0.25, 0.3) is 27.9 Å². The van der Waals surface area contributed by atoms with E-state index >= 15 is 0 Å². The zero-order chi connectivity index (χ0) is 28.3. The Labute approximate surface area is 245 Å². The lowest BCUT2D eigenvalue weighted by Crippen LogP contribution is -2.32. The molecule has 6 heterocycles. The minimum absolute atomic E-state index is 0.0601. The second-order valence-electron chi connectivity index (χ2n) is 12.9. The summed E-state index contributed by atoms with van der Waals surface area (Å²) in [6.45, 7) is 4.81. The van der Waals surface area contributed by atoms with E-state index in [1.54, 1.807) is 0 Å². The number of imidazole rings is 1. The van der Waals surface area contributed by atoms with E-state index in [2.05, 4.69) is 81.3 Å². The number of nitrogens with zero attached hydrogens (tertiary/aromatic N) is 9. The van der Waals surface area contributed by atoms with E-state index < -0.39 is 0 Å². The van der Waals surface area contributed by atoms with Crippen LogP contribution in [0.4, 0.5) is 5.69 Å². The summed E-state index contributed by atoms with van der Waals surface area (Å²) in [5.74, 6) is 0. The smallest absolute Gasteiger partial charge is 0.150 e. The largest absolute Gasteiger partial charge is 0.378 e. The highest BCUT2D eigenvalue weighted by molar-refractivity contribution is 5.94. The van der Waals surface area contributed by atoms with Gasteiger partial charge in [0.25, 0.3) is 0 Å². The summed E-state index contributed by atoms with van der Waals surface area (Å²) in [5, 5.41) is 15.1. The molecule has 3 fully saturated rings. The minimum Gasteiger partial charge on any atom is -0.378 e. The van der Waals surface area contributed by atoms with Gasteiger partial charge in [0.2, 0.25) is 0 Å². The van der Waals surface area contributed by atoms with E-state index in [4.69, 9.17) is 14.8 Å². The fourth-order valence-corrected chi connectivity index (χ4v) is 7.14. The van der Waals surface area contributed by atoms with E-state index in [9.17, 15) is 0 Å². The second-order valence-corrected chi connectivity index (χ2v) is 12.9. The number of rotatable bonds is 7. The second kappa shape index (κ2) is 10.2. The zero-order valence-corrected chi connectivity index (χ0v) is 24.6. The fraction of sp³-hybridized carbons (Fsp3) is 0.500. The maximum absolute atomic E-state index is 6.13. The van der Waals surface area contributed by atoms with E-state index in [-0.39, 0.29) is 6.23 Å². The molecule has 42 heavy (non-hydrogen) atoms. The quantitative estimate of drug-likeness (QED) is 0.271. The summed E-state index contributed by atoms with van der Waals surface area (Å²) in [5.41, 5.74) is 7.67. The molecular formula is C32H39N9O. The summed E-state index contributed by atoms with van der Waals surface area (Å²) in [6.07, 6.45) is 15.1.